The fourth-order valence-corrected chi connectivity index (χ4v) is 1.70. The molecule has 1 fully saturated rings. The molecule has 2 heterocycles. The van der Waals surface area contributed by atoms with Crippen LogP contribution in [0.4, 0.5) is 0 Å². The van der Waals surface area contributed by atoms with E-state index in [4.69, 9.17) is 15.6 Å². The number of hydrogen-bond donors (Lipinski definition) is 2. The Morgan fingerprint density at radius 2 is 2.58 bits per heavy atom. The Bertz CT molecular complexity index is 252. The zero-order valence-electron chi connectivity index (χ0n) is 6.38. The minimum absolute atomic E-state index is 0.137. The van der Waals surface area contributed by atoms with E-state index < -0.39 is 6.29 Å². The van der Waals surface area contributed by atoms with E-state index >= 15 is 0 Å². The van der Waals surface area contributed by atoms with Crippen molar-refractivity contribution in [2.45, 2.75) is 24.9 Å². The van der Waals surface area contributed by atoms with Crippen molar-refractivity contribution in [1.29, 1.82) is 0 Å². The molecule has 3 N–H and O–H groups in total. The van der Waals surface area contributed by atoms with Gasteiger partial charge in [-0.2, -0.15) is 0 Å². The lowest BCUT2D eigenvalue weighted by Gasteiger charge is -2.04. The molecule has 0 aromatic carbocycles. The lowest BCUT2D eigenvalue weighted by atomic mass is 10.1. The second kappa shape index (κ2) is 3.10. The normalized spacial score (nSPS) is 30.2. The van der Waals surface area contributed by atoms with Crippen LogP contribution in [0.25, 0.3) is 0 Å². The highest BCUT2D eigenvalue weighted by Crippen LogP contribution is 2.23. The van der Waals surface area contributed by atoms with Crippen LogP contribution in [0.5, 0.6) is 0 Å². The Labute approximate surface area is 74.0 Å². The zero-order chi connectivity index (χ0) is 8.55. The summed E-state index contributed by atoms with van der Waals surface area (Å²) in [6.45, 7) is 0. The molecule has 1 aromatic heterocycles. The molecule has 0 spiro atoms. The van der Waals surface area contributed by atoms with Gasteiger partial charge in [-0.05, 0) is 0 Å². The first-order chi connectivity index (χ1) is 5.77. The maximum Gasteiger partial charge on any atom is 0.183 e. The molecular formula is C7H10N2O2S. The number of hydrogen-bond acceptors (Lipinski definition) is 5. The predicted molar refractivity (Wildman–Crippen MR) is 44.7 cm³/mol. The van der Waals surface area contributed by atoms with Crippen molar-refractivity contribution in [3.63, 3.8) is 0 Å². The molecule has 12 heavy (non-hydrogen) atoms. The largest absolute Gasteiger partial charge is 0.366 e. The van der Waals surface area contributed by atoms with Gasteiger partial charge in [-0.15, -0.1) is 11.3 Å². The average Bonchev–Trinajstić information content (AvgIpc) is 2.58. The van der Waals surface area contributed by atoms with Gasteiger partial charge in [-0.3, -0.25) is 0 Å². The van der Waals surface area contributed by atoms with E-state index in [1.165, 1.54) is 0 Å². The summed E-state index contributed by atoms with van der Waals surface area (Å²) in [6, 6.07) is -0.137. The van der Waals surface area contributed by atoms with Crippen LogP contribution in [0.1, 0.15) is 5.69 Å². The second-order valence-electron chi connectivity index (χ2n) is 2.84. The quantitative estimate of drug-likeness (QED) is 0.637. The Hall–Kier alpha value is -0.490. The molecule has 4 nitrogen and oxygen atoms in total. The molecule has 3 atom stereocenters. The van der Waals surface area contributed by atoms with Crippen LogP contribution >= 0.6 is 11.3 Å². The Morgan fingerprint density at radius 1 is 1.83 bits per heavy atom. The van der Waals surface area contributed by atoms with Gasteiger partial charge in [0.15, 0.2) is 6.29 Å². The lowest BCUT2D eigenvalue weighted by molar-refractivity contribution is 0.155. The molecule has 0 saturated carbocycles. The monoisotopic (exact) mass is 186 g/mol. The summed E-state index contributed by atoms with van der Waals surface area (Å²) in [5, 5.41) is 10.9. The number of aliphatic hydroxyl groups is 1. The maximum absolute atomic E-state index is 8.91. The predicted octanol–water partition coefficient (Wildman–Crippen LogP) is -0.270. The summed E-state index contributed by atoms with van der Waals surface area (Å²) in [7, 11) is 0. The van der Waals surface area contributed by atoms with E-state index in [9.17, 15) is 0 Å². The molecule has 2 unspecified atom stereocenters. The highest BCUT2D eigenvalue weighted by molar-refractivity contribution is 7.07. The molecule has 1 aliphatic heterocycles. The first-order valence-corrected chi connectivity index (χ1v) is 4.68. The van der Waals surface area contributed by atoms with E-state index in [-0.39, 0.29) is 12.1 Å². The lowest BCUT2D eigenvalue weighted by Crippen LogP contribution is -2.30. The molecule has 2 rings (SSSR count). The third-order valence-corrected chi connectivity index (χ3v) is 2.49. The molecular weight excluding hydrogens is 176 g/mol. The molecule has 0 bridgehead atoms. The molecule has 0 radical (unpaired) electrons. The van der Waals surface area contributed by atoms with E-state index in [2.05, 4.69) is 4.98 Å². The van der Waals surface area contributed by atoms with Crippen LogP contribution in [-0.2, 0) is 11.2 Å². The van der Waals surface area contributed by atoms with E-state index in [0.29, 0.717) is 6.42 Å². The summed E-state index contributed by atoms with van der Waals surface area (Å²) in [5.74, 6) is 0. The SMILES string of the molecule is N[C@@H](Cc1cscn1)C1OC1O. The van der Waals surface area contributed by atoms with Gasteiger partial charge in [0.25, 0.3) is 0 Å². The Morgan fingerprint density at radius 3 is 3.08 bits per heavy atom. The molecule has 0 amide bonds. The smallest absolute Gasteiger partial charge is 0.183 e. The summed E-state index contributed by atoms with van der Waals surface area (Å²) in [5.41, 5.74) is 8.48. The van der Waals surface area contributed by atoms with Crippen molar-refractivity contribution in [2.75, 3.05) is 0 Å². The van der Waals surface area contributed by atoms with Crippen molar-refractivity contribution in [1.82, 2.24) is 4.98 Å². The Balaban J connectivity index is 1.87. The standard InChI is InChI=1S/C7H10N2O2S/c8-5(6-7(10)11-6)1-4-2-12-3-9-4/h2-3,5-7,10H,1,8H2/t5-,6?,7?/m0/s1. The number of aromatic nitrogens is 1. The fourth-order valence-electron chi connectivity index (χ4n) is 1.12. The van der Waals surface area contributed by atoms with Gasteiger partial charge in [0, 0.05) is 17.8 Å². The van der Waals surface area contributed by atoms with Crippen LogP contribution in [-0.4, -0.2) is 28.5 Å². The minimum atomic E-state index is -0.654. The minimum Gasteiger partial charge on any atom is -0.366 e. The van der Waals surface area contributed by atoms with E-state index in [1.54, 1.807) is 16.8 Å². The van der Waals surface area contributed by atoms with E-state index in [0.717, 1.165) is 5.69 Å². The molecule has 1 saturated heterocycles. The first kappa shape index (κ1) is 8.12. The Kier molecular flexibility index (Phi) is 2.10. The molecule has 1 aromatic rings. The van der Waals surface area contributed by atoms with Crippen molar-refractivity contribution in [3.8, 4) is 0 Å². The number of rotatable bonds is 3. The third kappa shape index (κ3) is 1.64. The second-order valence-corrected chi connectivity index (χ2v) is 3.56. The van der Waals surface area contributed by atoms with Gasteiger partial charge in [0.05, 0.1) is 11.2 Å². The van der Waals surface area contributed by atoms with Crippen LogP contribution in [0.3, 0.4) is 0 Å². The topological polar surface area (TPSA) is 71.7 Å². The molecule has 66 valence electrons. The van der Waals surface area contributed by atoms with Crippen molar-refractivity contribution in [2.24, 2.45) is 5.73 Å². The highest BCUT2D eigenvalue weighted by Gasteiger charge is 2.42. The van der Waals surface area contributed by atoms with Crippen molar-refractivity contribution in [3.05, 3.63) is 16.6 Å². The number of ether oxygens (including phenoxy) is 1. The van der Waals surface area contributed by atoms with Crippen molar-refractivity contribution < 1.29 is 9.84 Å². The van der Waals surface area contributed by atoms with Crippen molar-refractivity contribution >= 4 is 11.3 Å². The van der Waals surface area contributed by atoms with Gasteiger partial charge in [-0.25, -0.2) is 4.98 Å². The number of nitrogens with two attached hydrogens (primary N) is 1. The van der Waals surface area contributed by atoms with Gasteiger partial charge >= 0.3 is 0 Å². The van der Waals surface area contributed by atoms with Gasteiger partial charge < -0.3 is 15.6 Å². The molecule has 5 heteroatoms. The van der Waals surface area contributed by atoms with Gasteiger partial charge in [0.1, 0.15) is 6.10 Å². The average molecular weight is 186 g/mol. The summed E-state index contributed by atoms with van der Waals surface area (Å²) >= 11 is 1.54. The number of epoxide rings is 1. The fraction of sp³-hybridized carbons (Fsp3) is 0.571. The number of nitrogens with zero attached hydrogens (tertiary/aromatic N) is 1. The third-order valence-electron chi connectivity index (χ3n) is 1.85. The highest BCUT2D eigenvalue weighted by atomic mass is 32.1. The molecule has 0 aliphatic carbocycles. The maximum atomic E-state index is 8.91. The van der Waals surface area contributed by atoms with Crippen LogP contribution < -0.4 is 5.73 Å². The first-order valence-electron chi connectivity index (χ1n) is 3.73. The van der Waals surface area contributed by atoms with Gasteiger partial charge in [-0.1, -0.05) is 0 Å². The number of aliphatic hydroxyl groups excluding tert-OH is 1. The van der Waals surface area contributed by atoms with Crippen LogP contribution in [0.15, 0.2) is 10.9 Å². The summed E-state index contributed by atoms with van der Waals surface area (Å²) in [6.07, 6.45) is -0.170. The molecule has 1 aliphatic rings. The zero-order valence-corrected chi connectivity index (χ0v) is 7.20. The summed E-state index contributed by atoms with van der Waals surface area (Å²) < 4.78 is 4.83. The number of thiazole rings is 1. The van der Waals surface area contributed by atoms with E-state index in [1.807, 2.05) is 5.38 Å². The van der Waals surface area contributed by atoms with Crippen LogP contribution in [0, 0.1) is 0 Å². The van der Waals surface area contributed by atoms with Crippen LogP contribution in [0.2, 0.25) is 0 Å². The summed E-state index contributed by atoms with van der Waals surface area (Å²) in [4.78, 5) is 4.09. The van der Waals surface area contributed by atoms with Gasteiger partial charge in [0.2, 0.25) is 0 Å².